The number of piperidine rings is 1. The zero-order chi connectivity index (χ0) is 11.4. The SMILES string of the molecule is Cc1ccc(OC(C)N2CCCCC2)cc1.Cl. The van der Waals surface area contributed by atoms with Crippen molar-refractivity contribution in [2.45, 2.75) is 39.3 Å². The van der Waals surface area contributed by atoms with Crippen molar-refractivity contribution in [3.63, 3.8) is 0 Å². The molecular formula is C14H22ClNO. The summed E-state index contributed by atoms with van der Waals surface area (Å²) in [7, 11) is 0. The Morgan fingerprint density at radius 3 is 2.24 bits per heavy atom. The van der Waals surface area contributed by atoms with E-state index in [4.69, 9.17) is 4.74 Å². The van der Waals surface area contributed by atoms with Gasteiger partial charge in [0.25, 0.3) is 0 Å². The van der Waals surface area contributed by atoms with Gasteiger partial charge in [0.1, 0.15) is 12.0 Å². The Labute approximate surface area is 110 Å². The van der Waals surface area contributed by atoms with Crippen LogP contribution in [0.1, 0.15) is 31.7 Å². The Bertz CT molecular complexity index is 319. The highest BCUT2D eigenvalue weighted by Gasteiger charge is 2.17. The predicted molar refractivity (Wildman–Crippen MR) is 73.9 cm³/mol. The number of rotatable bonds is 3. The van der Waals surface area contributed by atoms with Crippen LogP contribution in [0.4, 0.5) is 0 Å². The minimum Gasteiger partial charge on any atom is -0.475 e. The molecule has 0 aromatic heterocycles. The lowest BCUT2D eigenvalue weighted by atomic mass is 10.1. The van der Waals surface area contributed by atoms with Crippen molar-refractivity contribution >= 4 is 12.4 Å². The summed E-state index contributed by atoms with van der Waals surface area (Å²) < 4.78 is 5.93. The summed E-state index contributed by atoms with van der Waals surface area (Å²) in [5.74, 6) is 0.976. The van der Waals surface area contributed by atoms with Crippen molar-refractivity contribution in [2.75, 3.05) is 13.1 Å². The molecule has 0 N–H and O–H groups in total. The molecule has 1 atom stereocenters. The fourth-order valence-corrected chi connectivity index (χ4v) is 2.17. The number of benzene rings is 1. The smallest absolute Gasteiger partial charge is 0.149 e. The van der Waals surface area contributed by atoms with Crippen LogP contribution in [0.2, 0.25) is 0 Å². The van der Waals surface area contributed by atoms with Crippen LogP contribution < -0.4 is 4.74 Å². The van der Waals surface area contributed by atoms with Gasteiger partial charge in [-0.2, -0.15) is 0 Å². The Hall–Kier alpha value is -0.730. The number of hydrogen-bond acceptors (Lipinski definition) is 2. The van der Waals surface area contributed by atoms with Gasteiger partial charge in [0.05, 0.1) is 0 Å². The molecule has 1 aliphatic heterocycles. The number of ether oxygens (including phenoxy) is 1. The van der Waals surface area contributed by atoms with Crippen molar-refractivity contribution < 1.29 is 4.74 Å². The van der Waals surface area contributed by atoms with E-state index in [0.717, 1.165) is 5.75 Å². The number of hydrogen-bond donors (Lipinski definition) is 0. The van der Waals surface area contributed by atoms with Crippen LogP contribution in [0.15, 0.2) is 24.3 Å². The first-order chi connectivity index (χ1) is 7.75. The van der Waals surface area contributed by atoms with E-state index in [0.29, 0.717) is 0 Å². The quantitative estimate of drug-likeness (QED) is 0.818. The maximum absolute atomic E-state index is 5.93. The molecule has 96 valence electrons. The van der Waals surface area contributed by atoms with Crippen LogP contribution in [-0.4, -0.2) is 24.2 Å². The van der Waals surface area contributed by atoms with E-state index in [1.807, 2.05) is 0 Å². The summed E-state index contributed by atoms with van der Waals surface area (Å²) in [5, 5.41) is 0. The standard InChI is InChI=1S/C14H21NO.ClH/c1-12-6-8-14(9-7-12)16-13(2)15-10-4-3-5-11-15;/h6-9,13H,3-5,10-11H2,1-2H3;1H. The second kappa shape index (κ2) is 6.87. The van der Waals surface area contributed by atoms with Crippen LogP contribution in [-0.2, 0) is 0 Å². The van der Waals surface area contributed by atoms with Crippen LogP contribution in [0, 0.1) is 6.92 Å². The first-order valence-corrected chi connectivity index (χ1v) is 6.23. The van der Waals surface area contributed by atoms with Crippen LogP contribution >= 0.6 is 12.4 Å². The maximum atomic E-state index is 5.93. The molecule has 17 heavy (non-hydrogen) atoms. The molecule has 0 bridgehead atoms. The zero-order valence-corrected chi connectivity index (χ0v) is 11.5. The van der Waals surface area contributed by atoms with Crippen molar-refractivity contribution in [3.8, 4) is 5.75 Å². The minimum absolute atomic E-state index is 0. The van der Waals surface area contributed by atoms with Gasteiger partial charge in [0, 0.05) is 13.1 Å². The summed E-state index contributed by atoms with van der Waals surface area (Å²) in [6.07, 6.45) is 4.18. The topological polar surface area (TPSA) is 12.5 Å². The number of nitrogens with zero attached hydrogens (tertiary/aromatic N) is 1. The highest BCUT2D eigenvalue weighted by molar-refractivity contribution is 5.85. The van der Waals surface area contributed by atoms with Gasteiger partial charge in [-0.15, -0.1) is 12.4 Å². The average Bonchev–Trinajstić information content (AvgIpc) is 2.33. The van der Waals surface area contributed by atoms with Gasteiger partial charge < -0.3 is 4.74 Å². The molecule has 0 spiro atoms. The van der Waals surface area contributed by atoms with Gasteiger partial charge in [-0.25, -0.2) is 0 Å². The van der Waals surface area contributed by atoms with E-state index in [2.05, 4.69) is 43.0 Å². The van der Waals surface area contributed by atoms with Crippen LogP contribution in [0.3, 0.4) is 0 Å². The van der Waals surface area contributed by atoms with Gasteiger partial charge >= 0.3 is 0 Å². The molecule has 0 amide bonds. The second-order valence-electron chi connectivity index (χ2n) is 4.63. The largest absolute Gasteiger partial charge is 0.475 e. The Kier molecular flexibility index (Phi) is 5.79. The molecule has 2 rings (SSSR count). The number of aryl methyl sites for hydroxylation is 1. The van der Waals surface area contributed by atoms with Crippen molar-refractivity contribution in [2.24, 2.45) is 0 Å². The Balaban J connectivity index is 0.00000144. The normalized spacial score (nSPS) is 18.2. The molecule has 1 aliphatic rings. The molecule has 0 radical (unpaired) electrons. The monoisotopic (exact) mass is 255 g/mol. The molecule has 1 heterocycles. The lowest BCUT2D eigenvalue weighted by Crippen LogP contribution is -2.40. The molecular weight excluding hydrogens is 234 g/mol. The highest BCUT2D eigenvalue weighted by Crippen LogP contribution is 2.17. The van der Waals surface area contributed by atoms with Gasteiger partial charge in [-0.05, 0) is 38.8 Å². The molecule has 1 aromatic carbocycles. The van der Waals surface area contributed by atoms with Crippen molar-refractivity contribution in [1.29, 1.82) is 0 Å². The highest BCUT2D eigenvalue weighted by atomic mass is 35.5. The third-order valence-electron chi connectivity index (χ3n) is 3.23. The van der Waals surface area contributed by atoms with Crippen LogP contribution in [0.5, 0.6) is 5.75 Å². The third-order valence-corrected chi connectivity index (χ3v) is 3.23. The molecule has 3 heteroatoms. The summed E-state index contributed by atoms with van der Waals surface area (Å²) in [4.78, 5) is 2.42. The molecule has 1 aromatic rings. The van der Waals surface area contributed by atoms with Crippen LogP contribution in [0.25, 0.3) is 0 Å². The fraction of sp³-hybridized carbons (Fsp3) is 0.571. The molecule has 0 aliphatic carbocycles. The van der Waals surface area contributed by atoms with E-state index in [-0.39, 0.29) is 18.6 Å². The molecule has 1 saturated heterocycles. The molecule has 2 nitrogen and oxygen atoms in total. The summed E-state index contributed by atoms with van der Waals surface area (Å²) in [5.41, 5.74) is 1.28. The van der Waals surface area contributed by atoms with E-state index in [1.54, 1.807) is 0 Å². The number of likely N-dealkylation sites (tertiary alicyclic amines) is 1. The second-order valence-corrected chi connectivity index (χ2v) is 4.63. The zero-order valence-electron chi connectivity index (χ0n) is 10.7. The minimum atomic E-state index is 0. The molecule has 0 saturated carbocycles. The van der Waals surface area contributed by atoms with E-state index in [1.165, 1.54) is 37.9 Å². The number of halogens is 1. The Morgan fingerprint density at radius 2 is 1.65 bits per heavy atom. The van der Waals surface area contributed by atoms with E-state index in [9.17, 15) is 0 Å². The predicted octanol–water partition coefficient (Wildman–Crippen LogP) is 3.63. The van der Waals surface area contributed by atoms with Gasteiger partial charge in [-0.1, -0.05) is 24.1 Å². The van der Waals surface area contributed by atoms with Crippen molar-refractivity contribution in [1.82, 2.24) is 4.90 Å². The summed E-state index contributed by atoms with van der Waals surface area (Å²) in [6.45, 7) is 6.59. The lowest BCUT2D eigenvalue weighted by molar-refractivity contribution is 0.0262. The van der Waals surface area contributed by atoms with Gasteiger partial charge in [0.2, 0.25) is 0 Å². The fourth-order valence-electron chi connectivity index (χ4n) is 2.17. The summed E-state index contributed by atoms with van der Waals surface area (Å²) in [6, 6.07) is 8.29. The van der Waals surface area contributed by atoms with Crippen molar-refractivity contribution in [3.05, 3.63) is 29.8 Å². The summed E-state index contributed by atoms with van der Waals surface area (Å²) >= 11 is 0. The lowest BCUT2D eigenvalue weighted by Gasteiger charge is -2.32. The first-order valence-electron chi connectivity index (χ1n) is 6.23. The van der Waals surface area contributed by atoms with E-state index >= 15 is 0 Å². The third kappa shape index (κ3) is 4.21. The maximum Gasteiger partial charge on any atom is 0.149 e. The average molecular weight is 256 g/mol. The molecule has 1 fully saturated rings. The molecule has 1 unspecified atom stereocenters. The Morgan fingerprint density at radius 1 is 1.06 bits per heavy atom. The van der Waals surface area contributed by atoms with E-state index < -0.39 is 0 Å². The van der Waals surface area contributed by atoms with Gasteiger partial charge in [0.15, 0.2) is 0 Å². The van der Waals surface area contributed by atoms with Gasteiger partial charge in [-0.3, -0.25) is 4.90 Å². The first kappa shape index (κ1) is 14.3.